The van der Waals surface area contributed by atoms with Crippen LogP contribution in [0.5, 0.6) is 0 Å². The van der Waals surface area contributed by atoms with Crippen molar-refractivity contribution in [3.8, 4) is 0 Å². The lowest BCUT2D eigenvalue weighted by atomic mass is 10.0. The third-order valence-corrected chi connectivity index (χ3v) is 6.13. The van der Waals surface area contributed by atoms with E-state index in [0.29, 0.717) is 30.8 Å². The van der Waals surface area contributed by atoms with Gasteiger partial charge in [-0.1, -0.05) is 15.9 Å². The molecule has 1 unspecified atom stereocenters. The van der Waals surface area contributed by atoms with Gasteiger partial charge in [-0.3, -0.25) is 14.4 Å². The molecular formula is C22H24BrN5O3. The van der Waals surface area contributed by atoms with Crippen molar-refractivity contribution in [1.29, 1.82) is 0 Å². The summed E-state index contributed by atoms with van der Waals surface area (Å²) in [5, 5.41) is 11.8. The Bertz CT molecular complexity index is 1090. The van der Waals surface area contributed by atoms with Gasteiger partial charge in [0.1, 0.15) is 0 Å². The summed E-state index contributed by atoms with van der Waals surface area (Å²) in [6, 6.07) is 5.79. The topological polar surface area (TPSA) is 115 Å². The molecule has 3 heterocycles. The van der Waals surface area contributed by atoms with Crippen LogP contribution in [-0.2, 0) is 9.59 Å². The lowest BCUT2D eigenvalue weighted by molar-refractivity contribution is -0.121. The molecule has 2 aliphatic rings. The van der Waals surface area contributed by atoms with Crippen LogP contribution in [0.1, 0.15) is 39.3 Å². The number of benzene rings is 1. The maximum atomic E-state index is 12.8. The summed E-state index contributed by atoms with van der Waals surface area (Å²) >= 11 is 3.45. The lowest BCUT2D eigenvalue weighted by Gasteiger charge is -2.24. The van der Waals surface area contributed by atoms with Gasteiger partial charge in [0.2, 0.25) is 5.91 Å². The van der Waals surface area contributed by atoms with Gasteiger partial charge < -0.3 is 26.3 Å². The van der Waals surface area contributed by atoms with Gasteiger partial charge in [-0.15, -0.1) is 0 Å². The molecule has 1 saturated heterocycles. The Kier molecular flexibility index (Phi) is 5.97. The second kappa shape index (κ2) is 8.68. The largest absolute Gasteiger partial charge is 0.358 e. The number of H-pyrrole nitrogens is 1. The van der Waals surface area contributed by atoms with Crippen molar-refractivity contribution in [1.82, 2.24) is 20.9 Å². The molecule has 162 valence electrons. The van der Waals surface area contributed by atoms with Gasteiger partial charge in [0.15, 0.2) is 0 Å². The van der Waals surface area contributed by atoms with Gasteiger partial charge in [0, 0.05) is 46.2 Å². The Morgan fingerprint density at radius 2 is 2.10 bits per heavy atom. The number of aryl methyl sites for hydroxylation is 1. The number of carbonyl (C=O) groups is 3. The van der Waals surface area contributed by atoms with E-state index in [1.165, 1.54) is 0 Å². The minimum Gasteiger partial charge on any atom is -0.358 e. The maximum Gasteiger partial charge on any atom is 0.256 e. The van der Waals surface area contributed by atoms with Crippen LogP contribution in [-0.4, -0.2) is 48.4 Å². The Balaban J connectivity index is 1.48. The molecule has 8 nitrogen and oxygen atoms in total. The zero-order valence-corrected chi connectivity index (χ0v) is 18.9. The predicted octanol–water partition coefficient (Wildman–Crippen LogP) is 2.09. The average Bonchev–Trinajstić information content (AvgIpc) is 3.19. The molecule has 3 amide bonds. The molecular weight excluding hydrogens is 462 g/mol. The molecule has 1 fully saturated rings. The Morgan fingerprint density at radius 1 is 1.29 bits per heavy atom. The molecule has 0 bridgehead atoms. The highest BCUT2D eigenvalue weighted by atomic mass is 79.9. The summed E-state index contributed by atoms with van der Waals surface area (Å²) < 4.78 is 0.889. The molecule has 2 aliphatic heterocycles. The Morgan fingerprint density at radius 3 is 2.84 bits per heavy atom. The molecule has 4 rings (SSSR count). The number of hydrogen-bond acceptors (Lipinski definition) is 4. The first-order chi connectivity index (χ1) is 14.8. The SMILES string of the molecule is Cc1[nH]c(/C=C2\C(=O)Nc3ccc(Br)cc32)c(C)c1C(=O)NCCC1CNC(=O)CN1. The van der Waals surface area contributed by atoms with Crippen molar-refractivity contribution in [2.75, 3.05) is 25.0 Å². The Hall–Kier alpha value is -2.91. The summed E-state index contributed by atoms with van der Waals surface area (Å²) in [6.45, 7) is 5.09. The van der Waals surface area contributed by atoms with Gasteiger partial charge in [-0.05, 0) is 50.1 Å². The number of amides is 3. The number of anilines is 1. The molecule has 0 aliphatic carbocycles. The van der Waals surface area contributed by atoms with Crippen LogP contribution >= 0.6 is 15.9 Å². The number of piperazine rings is 1. The van der Waals surface area contributed by atoms with Crippen molar-refractivity contribution in [2.45, 2.75) is 26.3 Å². The van der Waals surface area contributed by atoms with Crippen molar-refractivity contribution < 1.29 is 14.4 Å². The number of halogens is 1. The summed E-state index contributed by atoms with van der Waals surface area (Å²) in [5.74, 6) is -0.334. The second-order valence-electron chi connectivity index (χ2n) is 7.79. The fourth-order valence-electron chi connectivity index (χ4n) is 3.97. The second-order valence-corrected chi connectivity index (χ2v) is 8.71. The van der Waals surface area contributed by atoms with E-state index in [1.807, 2.05) is 32.0 Å². The number of rotatable bonds is 5. The van der Waals surface area contributed by atoms with E-state index < -0.39 is 0 Å². The molecule has 0 radical (unpaired) electrons. The smallest absolute Gasteiger partial charge is 0.256 e. The number of nitrogens with one attached hydrogen (secondary N) is 5. The van der Waals surface area contributed by atoms with Crippen LogP contribution in [0.2, 0.25) is 0 Å². The monoisotopic (exact) mass is 485 g/mol. The van der Waals surface area contributed by atoms with Gasteiger partial charge in [0.05, 0.1) is 17.7 Å². The normalized spacial score (nSPS) is 19.2. The number of hydrogen-bond donors (Lipinski definition) is 5. The van der Waals surface area contributed by atoms with Crippen LogP contribution in [0, 0.1) is 13.8 Å². The molecule has 2 aromatic rings. The quantitative estimate of drug-likeness (QED) is 0.417. The first-order valence-electron chi connectivity index (χ1n) is 10.1. The highest BCUT2D eigenvalue weighted by molar-refractivity contribution is 9.10. The van der Waals surface area contributed by atoms with Gasteiger partial charge in [0.25, 0.3) is 11.8 Å². The van der Waals surface area contributed by atoms with E-state index in [-0.39, 0.29) is 23.8 Å². The predicted molar refractivity (Wildman–Crippen MR) is 123 cm³/mol. The van der Waals surface area contributed by atoms with Crippen LogP contribution in [0.15, 0.2) is 22.7 Å². The van der Waals surface area contributed by atoms with Crippen LogP contribution in [0.4, 0.5) is 5.69 Å². The number of fused-ring (bicyclic) bond motifs is 1. The molecule has 31 heavy (non-hydrogen) atoms. The van der Waals surface area contributed by atoms with Crippen molar-refractivity contribution in [3.63, 3.8) is 0 Å². The zero-order chi connectivity index (χ0) is 22.1. The van der Waals surface area contributed by atoms with Gasteiger partial charge in [-0.2, -0.15) is 0 Å². The zero-order valence-electron chi connectivity index (χ0n) is 17.3. The molecule has 9 heteroatoms. The lowest BCUT2D eigenvalue weighted by Crippen LogP contribution is -2.52. The van der Waals surface area contributed by atoms with Gasteiger partial charge in [-0.25, -0.2) is 0 Å². The van der Waals surface area contributed by atoms with E-state index in [9.17, 15) is 14.4 Å². The summed E-state index contributed by atoms with van der Waals surface area (Å²) in [7, 11) is 0. The van der Waals surface area contributed by atoms with E-state index in [1.54, 1.807) is 6.08 Å². The molecule has 1 aromatic carbocycles. The molecule has 0 spiro atoms. The Labute approximate surface area is 188 Å². The number of aromatic amines is 1. The van der Waals surface area contributed by atoms with Crippen molar-refractivity contribution in [3.05, 3.63) is 50.8 Å². The first kappa shape index (κ1) is 21.3. The van der Waals surface area contributed by atoms with E-state index in [4.69, 9.17) is 0 Å². The minimum absolute atomic E-state index is 0.00793. The maximum absolute atomic E-state index is 12.8. The summed E-state index contributed by atoms with van der Waals surface area (Å²) in [5.41, 5.74) is 5.01. The number of aromatic nitrogens is 1. The van der Waals surface area contributed by atoms with E-state index >= 15 is 0 Å². The van der Waals surface area contributed by atoms with Crippen molar-refractivity contribution in [2.24, 2.45) is 0 Å². The highest BCUT2D eigenvalue weighted by Gasteiger charge is 2.26. The standard InChI is InChI=1S/C22H24BrN5O3/c1-11-18(8-16-15-7-13(23)3-4-17(15)28-21(16)30)27-12(2)20(11)22(31)24-6-5-14-9-26-19(29)10-25-14/h3-4,7-8,14,25,27H,5-6,9-10H2,1-2H3,(H,24,31)(H,26,29)(H,28,30)/b16-8-. The summed E-state index contributed by atoms with van der Waals surface area (Å²) in [4.78, 5) is 39.7. The molecule has 1 aromatic heterocycles. The molecule has 0 saturated carbocycles. The van der Waals surface area contributed by atoms with E-state index in [0.717, 1.165) is 39.1 Å². The summed E-state index contributed by atoms with van der Waals surface area (Å²) in [6.07, 6.45) is 2.51. The third-order valence-electron chi connectivity index (χ3n) is 5.63. The average molecular weight is 486 g/mol. The minimum atomic E-state index is -0.169. The van der Waals surface area contributed by atoms with Crippen molar-refractivity contribution >= 4 is 51.0 Å². The van der Waals surface area contributed by atoms with Crippen LogP contribution in [0.25, 0.3) is 11.6 Å². The van der Waals surface area contributed by atoms with Crippen LogP contribution in [0.3, 0.4) is 0 Å². The molecule has 5 N–H and O–H groups in total. The molecule has 1 atom stereocenters. The fourth-order valence-corrected chi connectivity index (χ4v) is 4.33. The fraction of sp³-hybridized carbons (Fsp3) is 0.318. The highest BCUT2D eigenvalue weighted by Crippen LogP contribution is 2.35. The first-order valence-corrected chi connectivity index (χ1v) is 10.9. The van der Waals surface area contributed by atoms with E-state index in [2.05, 4.69) is 42.2 Å². The van der Waals surface area contributed by atoms with Crippen LogP contribution < -0.4 is 21.3 Å². The number of carbonyl (C=O) groups excluding carboxylic acids is 3. The third kappa shape index (κ3) is 4.42. The van der Waals surface area contributed by atoms with Gasteiger partial charge >= 0.3 is 0 Å².